The molecule has 0 bridgehead atoms. The quantitative estimate of drug-likeness (QED) is 0.288. The molecule has 4 heteroatoms. The smallest absolute Gasteiger partial charge is 0.229 e. The molecule has 0 aliphatic heterocycles. The fourth-order valence-electron chi connectivity index (χ4n) is 5.37. The average molecular weight is 466 g/mol. The summed E-state index contributed by atoms with van der Waals surface area (Å²) in [5, 5.41) is 23.9. The summed E-state index contributed by atoms with van der Waals surface area (Å²) in [4.78, 5) is 12.9. The highest BCUT2D eigenvalue weighted by atomic mass is 16.3. The summed E-state index contributed by atoms with van der Waals surface area (Å²) in [6.45, 7) is 15.1. The summed E-state index contributed by atoms with van der Waals surface area (Å²) in [6, 6.07) is 0. The molecular formula is C29H55NO3. The highest BCUT2D eigenvalue weighted by Crippen LogP contribution is 2.37. The molecule has 6 atom stereocenters. The molecular weight excluding hydrogens is 410 g/mol. The molecule has 2 saturated carbocycles. The normalized spacial score (nSPS) is 29.8. The average Bonchev–Trinajstić information content (AvgIpc) is 2.75. The number of carbonyl (C=O) groups is 1. The first-order valence-electron chi connectivity index (χ1n) is 14.0. The van der Waals surface area contributed by atoms with E-state index in [4.69, 9.17) is 0 Å². The Morgan fingerprint density at radius 3 is 1.70 bits per heavy atom. The highest BCUT2D eigenvalue weighted by Gasteiger charge is 2.36. The Kier molecular flexibility index (Phi) is 15.3. The molecule has 2 aliphatic rings. The number of amides is 1. The first-order chi connectivity index (χ1) is 15.7. The van der Waals surface area contributed by atoms with Crippen LogP contribution in [-0.2, 0) is 4.79 Å². The predicted octanol–water partition coefficient (Wildman–Crippen LogP) is 6.99. The van der Waals surface area contributed by atoms with Crippen LogP contribution in [0.4, 0.5) is 0 Å². The maximum Gasteiger partial charge on any atom is 0.229 e. The summed E-state index contributed by atoms with van der Waals surface area (Å²) in [6.07, 6.45) is 14.1. The van der Waals surface area contributed by atoms with Gasteiger partial charge >= 0.3 is 0 Å². The molecule has 1 amide bonds. The summed E-state index contributed by atoms with van der Waals surface area (Å²) in [5.74, 6) is 1.50. The molecule has 2 fully saturated rings. The van der Waals surface area contributed by atoms with E-state index < -0.39 is 12.2 Å². The van der Waals surface area contributed by atoms with Crippen molar-refractivity contribution in [2.45, 2.75) is 137 Å². The Bertz CT molecular complexity index is 500. The third kappa shape index (κ3) is 11.9. The molecule has 0 spiro atoms. The predicted molar refractivity (Wildman–Crippen MR) is 140 cm³/mol. The van der Waals surface area contributed by atoms with Gasteiger partial charge in [-0.3, -0.25) is 4.79 Å². The molecule has 3 N–H and O–H groups in total. The monoisotopic (exact) mass is 465 g/mol. The Labute approximate surface area is 205 Å². The molecule has 4 nitrogen and oxygen atoms in total. The first-order valence-corrected chi connectivity index (χ1v) is 14.0. The van der Waals surface area contributed by atoms with E-state index in [9.17, 15) is 15.0 Å². The zero-order valence-corrected chi connectivity index (χ0v) is 22.5. The van der Waals surface area contributed by atoms with E-state index in [0.29, 0.717) is 24.0 Å². The highest BCUT2D eigenvalue weighted by molar-refractivity contribution is 5.81. The lowest BCUT2D eigenvalue weighted by Crippen LogP contribution is -2.43. The first kappa shape index (κ1) is 30.2. The summed E-state index contributed by atoms with van der Waals surface area (Å²) in [7, 11) is 0. The largest absolute Gasteiger partial charge is 0.392 e. The van der Waals surface area contributed by atoms with Crippen molar-refractivity contribution in [1.82, 2.24) is 5.32 Å². The van der Waals surface area contributed by atoms with Crippen LogP contribution in [0.1, 0.15) is 125 Å². The topological polar surface area (TPSA) is 69.6 Å². The van der Waals surface area contributed by atoms with Crippen LogP contribution in [0.5, 0.6) is 0 Å². The number of hydrogen-bond acceptors (Lipinski definition) is 3. The summed E-state index contributed by atoms with van der Waals surface area (Å²) in [5.41, 5.74) is 0.656. The van der Waals surface area contributed by atoms with Crippen molar-refractivity contribution in [1.29, 1.82) is 0 Å². The third-order valence-electron chi connectivity index (χ3n) is 7.34. The minimum Gasteiger partial charge on any atom is -0.392 e. The zero-order valence-electron chi connectivity index (χ0n) is 22.5. The molecule has 33 heavy (non-hydrogen) atoms. The van der Waals surface area contributed by atoms with Crippen molar-refractivity contribution in [2.24, 2.45) is 29.6 Å². The standard InChI is InChI=1S/C25H45NO3.C4H10/c1-4-6-8-10-19-12-14-23(27)21(16-19)18(3)26-25(29)22-17-20(11-9-7-5-2)13-15-24(22)28;1-4(2)3/h19-24,27-28H,3-17H2,1-2H3,(H,26,29);4H,1-3H3. The number of carbonyl (C=O) groups excluding carboxylic acids is 1. The molecule has 0 aromatic carbocycles. The van der Waals surface area contributed by atoms with E-state index in [0.717, 1.165) is 44.4 Å². The van der Waals surface area contributed by atoms with Gasteiger partial charge in [0, 0.05) is 11.6 Å². The molecule has 6 unspecified atom stereocenters. The van der Waals surface area contributed by atoms with Crippen molar-refractivity contribution in [3.8, 4) is 0 Å². The van der Waals surface area contributed by atoms with Gasteiger partial charge in [-0.1, -0.05) is 92.6 Å². The Morgan fingerprint density at radius 2 is 1.24 bits per heavy atom. The molecule has 2 rings (SSSR count). The second-order valence-corrected chi connectivity index (χ2v) is 11.4. The van der Waals surface area contributed by atoms with Crippen molar-refractivity contribution in [3.63, 3.8) is 0 Å². The van der Waals surface area contributed by atoms with Gasteiger partial charge in [-0.25, -0.2) is 0 Å². The van der Waals surface area contributed by atoms with Gasteiger partial charge in [0.1, 0.15) is 0 Å². The summed E-state index contributed by atoms with van der Waals surface area (Å²) < 4.78 is 0. The van der Waals surface area contributed by atoms with Crippen LogP contribution in [0.2, 0.25) is 0 Å². The fraction of sp³-hybridized carbons (Fsp3) is 0.897. The minimum atomic E-state index is -0.553. The maximum absolute atomic E-state index is 12.9. The number of aliphatic hydroxyl groups excluding tert-OH is 2. The van der Waals surface area contributed by atoms with Gasteiger partial charge in [0.15, 0.2) is 0 Å². The van der Waals surface area contributed by atoms with E-state index in [1.807, 2.05) is 0 Å². The summed E-state index contributed by atoms with van der Waals surface area (Å²) >= 11 is 0. The van der Waals surface area contributed by atoms with Gasteiger partial charge < -0.3 is 15.5 Å². The molecule has 194 valence electrons. The van der Waals surface area contributed by atoms with Gasteiger partial charge in [0.25, 0.3) is 0 Å². The Hall–Kier alpha value is -0.870. The van der Waals surface area contributed by atoms with E-state index in [1.54, 1.807) is 0 Å². The fourth-order valence-corrected chi connectivity index (χ4v) is 5.37. The van der Waals surface area contributed by atoms with Crippen LogP contribution in [0.25, 0.3) is 0 Å². The van der Waals surface area contributed by atoms with Crippen LogP contribution < -0.4 is 5.32 Å². The van der Waals surface area contributed by atoms with Gasteiger partial charge in [0.05, 0.1) is 18.1 Å². The molecule has 0 radical (unpaired) electrons. The zero-order chi connectivity index (χ0) is 24.8. The number of nitrogens with one attached hydrogen (secondary N) is 1. The van der Waals surface area contributed by atoms with Gasteiger partial charge in [0.2, 0.25) is 5.91 Å². The SMILES string of the molecule is C=C(NC(=O)C1CC(CCCCC)CCC1O)C1CC(CCCCC)CCC1O.CC(C)C. The van der Waals surface area contributed by atoms with E-state index >= 15 is 0 Å². The molecule has 0 aromatic heterocycles. The second kappa shape index (κ2) is 16.7. The van der Waals surface area contributed by atoms with Crippen molar-refractivity contribution in [2.75, 3.05) is 0 Å². The Morgan fingerprint density at radius 1 is 0.818 bits per heavy atom. The third-order valence-corrected chi connectivity index (χ3v) is 7.34. The second-order valence-electron chi connectivity index (χ2n) is 11.4. The van der Waals surface area contributed by atoms with Gasteiger partial charge in [-0.2, -0.15) is 0 Å². The van der Waals surface area contributed by atoms with E-state index in [2.05, 4.69) is 46.5 Å². The van der Waals surface area contributed by atoms with Crippen LogP contribution in [0.3, 0.4) is 0 Å². The van der Waals surface area contributed by atoms with Crippen molar-refractivity contribution >= 4 is 5.91 Å². The van der Waals surface area contributed by atoms with E-state index in [1.165, 1.54) is 44.9 Å². The molecule has 0 saturated heterocycles. The van der Waals surface area contributed by atoms with Gasteiger partial charge in [-0.15, -0.1) is 0 Å². The number of rotatable bonds is 11. The lowest BCUT2D eigenvalue weighted by Gasteiger charge is -2.36. The lowest BCUT2D eigenvalue weighted by atomic mass is 9.75. The maximum atomic E-state index is 12.9. The van der Waals surface area contributed by atoms with Crippen molar-refractivity contribution in [3.05, 3.63) is 12.3 Å². The van der Waals surface area contributed by atoms with Crippen LogP contribution in [0, 0.1) is 29.6 Å². The molecule has 0 heterocycles. The number of aliphatic hydroxyl groups is 2. The van der Waals surface area contributed by atoms with E-state index in [-0.39, 0.29) is 17.7 Å². The van der Waals surface area contributed by atoms with Gasteiger partial charge in [-0.05, 0) is 56.3 Å². The van der Waals surface area contributed by atoms with Crippen LogP contribution in [-0.4, -0.2) is 28.3 Å². The van der Waals surface area contributed by atoms with Crippen molar-refractivity contribution < 1.29 is 15.0 Å². The lowest BCUT2D eigenvalue weighted by molar-refractivity contribution is -0.130. The molecule has 2 aliphatic carbocycles. The number of unbranched alkanes of at least 4 members (excludes halogenated alkanes) is 4. The number of hydrogen-bond donors (Lipinski definition) is 3. The van der Waals surface area contributed by atoms with Crippen LogP contribution in [0.15, 0.2) is 12.3 Å². The minimum absolute atomic E-state index is 0.0552. The van der Waals surface area contributed by atoms with Crippen LogP contribution >= 0.6 is 0 Å². The molecule has 0 aromatic rings. The Balaban J connectivity index is 0.00000125.